The third kappa shape index (κ3) is 10.8. The van der Waals surface area contributed by atoms with Crippen molar-refractivity contribution in [3.63, 3.8) is 0 Å². The summed E-state index contributed by atoms with van der Waals surface area (Å²) >= 11 is 0. The molecule has 0 heterocycles. The van der Waals surface area contributed by atoms with Crippen molar-refractivity contribution in [2.24, 2.45) is 4.99 Å². The third-order valence-corrected chi connectivity index (χ3v) is 4.99. The van der Waals surface area contributed by atoms with Crippen molar-refractivity contribution in [3.8, 4) is 11.5 Å². The Morgan fingerprint density at radius 3 is 2.52 bits per heavy atom. The van der Waals surface area contributed by atoms with Crippen molar-refractivity contribution < 1.29 is 26.7 Å². The Bertz CT molecular complexity index is 736. The molecule has 168 valence electrons. The number of nitrogens with zero attached hydrogens (tertiary/aromatic N) is 1. The Labute approximate surface area is 187 Å². The number of aliphatic imine (C=N–C) groups is 1. The molecule has 0 aliphatic rings. The smallest absolute Gasteiger partial charge is 0.387 e. The van der Waals surface area contributed by atoms with E-state index in [0.29, 0.717) is 37.6 Å². The number of sulfonamides is 1. The van der Waals surface area contributed by atoms with Gasteiger partial charge in [-0.15, -0.1) is 24.0 Å². The predicted octanol–water partition coefficient (Wildman–Crippen LogP) is 2.30. The van der Waals surface area contributed by atoms with Gasteiger partial charge in [0.2, 0.25) is 10.0 Å². The van der Waals surface area contributed by atoms with Gasteiger partial charge < -0.3 is 20.1 Å². The highest BCUT2D eigenvalue weighted by Crippen LogP contribution is 2.32. The molecule has 0 unspecified atom stereocenters. The topological polar surface area (TPSA) is 101 Å². The first-order valence-corrected chi connectivity index (χ1v) is 10.6. The van der Waals surface area contributed by atoms with Crippen LogP contribution in [0.3, 0.4) is 0 Å². The molecule has 0 radical (unpaired) electrons. The van der Waals surface area contributed by atoms with Crippen molar-refractivity contribution in [2.45, 2.75) is 33.4 Å². The van der Waals surface area contributed by atoms with Crippen LogP contribution in [-0.4, -0.2) is 53.5 Å². The van der Waals surface area contributed by atoms with Gasteiger partial charge in [-0.2, -0.15) is 8.78 Å². The average molecular weight is 550 g/mol. The first-order valence-electron chi connectivity index (χ1n) is 8.94. The molecule has 3 N–H and O–H groups in total. The molecule has 0 fully saturated rings. The molecule has 0 saturated heterocycles. The number of ether oxygens (including phenoxy) is 2. The number of nitrogens with one attached hydrogen (secondary N) is 3. The predicted molar refractivity (Wildman–Crippen MR) is 120 cm³/mol. The van der Waals surface area contributed by atoms with Crippen molar-refractivity contribution >= 4 is 40.0 Å². The Morgan fingerprint density at radius 1 is 1.21 bits per heavy atom. The molecule has 0 amide bonds. The van der Waals surface area contributed by atoms with E-state index in [1.165, 1.54) is 0 Å². The van der Waals surface area contributed by atoms with Crippen LogP contribution in [-0.2, 0) is 16.6 Å². The number of benzene rings is 1. The molecule has 0 bridgehead atoms. The van der Waals surface area contributed by atoms with Gasteiger partial charge in [-0.3, -0.25) is 4.99 Å². The monoisotopic (exact) mass is 550 g/mol. The molecule has 8 nitrogen and oxygen atoms in total. The molecular formula is C17H29F2IN4O4S. The summed E-state index contributed by atoms with van der Waals surface area (Å²) in [6, 6.07) is 4.91. The molecule has 0 aliphatic carbocycles. The van der Waals surface area contributed by atoms with E-state index < -0.39 is 16.6 Å². The lowest BCUT2D eigenvalue weighted by atomic mass is 10.2. The Morgan fingerprint density at radius 2 is 1.93 bits per heavy atom. The quantitative estimate of drug-likeness (QED) is 0.160. The molecule has 1 aromatic rings. The molecule has 0 aromatic heterocycles. The van der Waals surface area contributed by atoms with Crippen LogP contribution in [0.15, 0.2) is 23.2 Å². The van der Waals surface area contributed by atoms with Crippen LogP contribution in [0.5, 0.6) is 11.5 Å². The zero-order valence-corrected chi connectivity index (χ0v) is 19.9. The minimum atomic E-state index is -3.21. The number of halogens is 3. The molecule has 12 heteroatoms. The second-order valence-corrected chi connectivity index (χ2v) is 7.66. The SMILES string of the molecule is CCOc1cccc(CNC(=NC)NCCCNS(=O)(=O)CC)c1OC(F)F.I. The zero-order chi connectivity index (χ0) is 21.0. The van der Waals surface area contributed by atoms with E-state index in [2.05, 4.69) is 25.1 Å². The molecule has 1 rings (SSSR count). The fraction of sp³-hybridized carbons (Fsp3) is 0.588. The maximum absolute atomic E-state index is 12.8. The lowest BCUT2D eigenvalue weighted by molar-refractivity contribution is -0.0520. The van der Waals surface area contributed by atoms with E-state index in [4.69, 9.17) is 4.74 Å². The molecule has 29 heavy (non-hydrogen) atoms. The minimum absolute atomic E-state index is 0. The van der Waals surface area contributed by atoms with E-state index in [1.807, 2.05) is 0 Å². The molecule has 0 saturated carbocycles. The highest BCUT2D eigenvalue weighted by atomic mass is 127. The van der Waals surface area contributed by atoms with Crippen LogP contribution >= 0.6 is 24.0 Å². The van der Waals surface area contributed by atoms with Gasteiger partial charge in [0.1, 0.15) is 0 Å². The normalized spacial score (nSPS) is 11.7. The number of hydrogen-bond donors (Lipinski definition) is 3. The van der Waals surface area contributed by atoms with E-state index >= 15 is 0 Å². The van der Waals surface area contributed by atoms with Crippen molar-refractivity contribution in [1.82, 2.24) is 15.4 Å². The summed E-state index contributed by atoms with van der Waals surface area (Å²) in [4.78, 5) is 4.05. The van der Waals surface area contributed by atoms with Crippen LogP contribution < -0.4 is 24.8 Å². The van der Waals surface area contributed by atoms with Gasteiger partial charge in [-0.25, -0.2) is 13.1 Å². The molecule has 1 aromatic carbocycles. The van der Waals surface area contributed by atoms with Gasteiger partial charge in [0, 0.05) is 32.2 Å². The molecule has 0 aliphatic heterocycles. The summed E-state index contributed by atoms with van der Waals surface area (Å²) in [6.07, 6.45) is 0.555. The second-order valence-electron chi connectivity index (χ2n) is 5.56. The van der Waals surface area contributed by atoms with E-state index in [-0.39, 0.29) is 47.8 Å². The van der Waals surface area contributed by atoms with Crippen molar-refractivity contribution in [1.29, 1.82) is 0 Å². The van der Waals surface area contributed by atoms with Crippen LogP contribution in [0.2, 0.25) is 0 Å². The van der Waals surface area contributed by atoms with Gasteiger partial charge in [-0.1, -0.05) is 12.1 Å². The maximum atomic E-state index is 12.8. The number of hydrogen-bond acceptors (Lipinski definition) is 5. The standard InChI is InChI=1S/C17H28F2N4O4S.HI/c1-4-26-14-9-6-8-13(15(14)27-16(18)19)12-22-17(20-3)21-10-7-11-23-28(24,25)5-2;/h6,8-9,16,23H,4-5,7,10-12H2,1-3H3,(H2,20,21,22);1H. The van der Waals surface area contributed by atoms with Gasteiger partial charge in [0.05, 0.1) is 12.4 Å². The van der Waals surface area contributed by atoms with Crippen LogP contribution in [0, 0.1) is 0 Å². The number of rotatable bonds is 12. The summed E-state index contributed by atoms with van der Waals surface area (Å²) in [5, 5.41) is 6.03. The van der Waals surface area contributed by atoms with Crippen molar-refractivity contribution in [2.75, 3.05) is 32.5 Å². The maximum Gasteiger partial charge on any atom is 0.387 e. The summed E-state index contributed by atoms with van der Waals surface area (Å²) < 4.78 is 60.7. The first-order chi connectivity index (χ1) is 13.3. The van der Waals surface area contributed by atoms with Gasteiger partial charge in [0.25, 0.3) is 0 Å². The number of para-hydroxylation sites is 1. The van der Waals surface area contributed by atoms with E-state index in [9.17, 15) is 17.2 Å². The largest absolute Gasteiger partial charge is 0.490 e. The average Bonchev–Trinajstić information content (AvgIpc) is 2.65. The molecular weight excluding hydrogens is 521 g/mol. The van der Waals surface area contributed by atoms with Gasteiger partial charge in [0.15, 0.2) is 17.5 Å². The highest BCUT2D eigenvalue weighted by molar-refractivity contribution is 14.0. The van der Waals surface area contributed by atoms with Gasteiger partial charge >= 0.3 is 6.61 Å². The molecule has 0 spiro atoms. The van der Waals surface area contributed by atoms with Gasteiger partial charge in [-0.05, 0) is 26.3 Å². The van der Waals surface area contributed by atoms with Crippen molar-refractivity contribution in [3.05, 3.63) is 23.8 Å². The fourth-order valence-electron chi connectivity index (χ4n) is 2.22. The van der Waals surface area contributed by atoms with Crippen LogP contribution in [0.1, 0.15) is 25.8 Å². The number of alkyl halides is 2. The molecule has 0 atom stereocenters. The van der Waals surface area contributed by atoms with E-state index in [0.717, 1.165) is 0 Å². The second kappa shape index (κ2) is 14.6. The lowest BCUT2D eigenvalue weighted by Crippen LogP contribution is -2.38. The lowest BCUT2D eigenvalue weighted by Gasteiger charge is -2.17. The minimum Gasteiger partial charge on any atom is -0.490 e. The Kier molecular flexibility index (Phi) is 13.8. The summed E-state index contributed by atoms with van der Waals surface area (Å²) in [6.45, 7) is 1.65. The summed E-state index contributed by atoms with van der Waals surface area (Å²) in [5.41, 5.74) is 0.491. The van der Waals surface area contributed by atoms with Crippen LogP contribution in [0.25, 0.3) is 0 Å². The Balaban J connectivity index is 0.00000784. The summed E-state index contributed by atoms with van der Waals surface area (Å²) in [5.74, 6) is 0.709. The number of guanidine groups is 1. The summed E-state index contributed by atoms with van der Waals surface area (Å²) in [7, 11) is -1.63. The van der Waals surface area contributed by atoms with Crippen LogP contribution in [0.4, 0.5) is 8.78 Å². The zero-order valence-electron chi connectivity index (χ0n) is 16.7. The van der Waals surface area contributed by atoms with E-state index in [1.54, 1.807) is 39.1 Å². The fourth-order valence-corrected chi connectivity index (χ4v) is 2.88. The Hall–Kier alpha value is -1.41. The first kappa shape index (κ1) is 27.6. The highest BCUT2D eigenvalue weighted by Gasteiger charge is 2.16. The third-order valence-electron chi connectivity index (χ3n) is 3.59.